The Hall–Kier alpha value is -1.99. The molecule has 2 N–H and O–H groups in total. The van der Waals surface area contributed by atoms with Gasteiger partial charge in [0, 0.05) is 24.7 Å². The molecule has 0 saturated heterocycles. The largest absolute Gasteiger partial charge is 0.309 e. The molecule has 0 amide bonds. The van der Waals surface area contributed by atoms with E-state index in [9.17, 15) is 4.79 Å². The second-order valence-electron chi connectivity index (χ2n) is 5.06. The number of aromatic nitrogens is 4. The molecule has 3 aromatic rings. The Bertz CT molecular complexity index is 845. The molecule has 0 radical (unpaired) electrons. The van der Waals surface area contributed by atoms with Crippen LogP contribution in [0.3, 0.4) is 0 Å². The second kappa shape index (κ2) is 5.42. The van der Waals surface area contributed by atoms with E-state index >= 15 is 0 Å². The van der Waals surface area contributed by atoms with Gasteiger partial charge in [-0.2, -0.15) is 5.10 Å². The highest BCUT2D eigenvalue weighted by Gasteiger charge is 2.11. The van der Waals surface area contributed by atoms with Gasteiger partial charge < -0.3 is 10.3 Å². The van der Waals surface area contributed by atoms with E-state index in [1.165, 1.54) is 0 Å². The molecule has 7 heteroatoms. The lowest BCUT2D eigenvalue weighted by atomic mass is 10.2. The molecule has 3 rings (SSSR count). The summed E-state index contributed by atoms with van der Waals surface area (Å²) in [4.78, 5) is 21.5. The van der Waals surface area contributed by atoms with E-state index < -0.39 is 0 Å². The molecule has 3 aromatic heterocycles. The molecular formula is C14H17N5OS. The monoisotopic (exact) mass is 303 g/mol. The maximum absolute atomic E-state index is 12.1. The molecule has 21 heavy (non-hydrogen) atoms. The summed E-state index contributed by atoms with van der Waals surface area (Å²) in [5.74, 6) is 0.657. The second-order valence-corrected chi connectivity index (χ2v) is 6.26. The molecule has 0 saturated carbocycles. The fourth-order valence-electron chi connectivity index (χ4n) is 2.25. The van der Waals surface area contributed by atoms with Crippen molar-refractivity contribution in [3.63, 3.8) is 0 Å². The van der Waals surface area contributed by atoms with E-state index in [1.807, 2.05) is 33.2 Å². The van der Waals surface area contributed by atoms with Crippen LogP contribution in [0.2, 0.25) is 0 Å². The Morgan fingerprint density at radius 2 is 2.19 bits per heavy atom. The minimum atomic E-state index is -0.0588. The maximum Gasteiger partial charge on any atom is 0.259 e. The molecule has 0 aromatic carbocycles. The number of H-pyrrole nitrogens is 1. The van der Waals surface area contributed by atoms with Crippen molar-refractivity contribution < 1.29 is 0 Å². The zero-order valence-corrected chi connectivity index (χ0v) is 13.0. The Morgan fingerprint density at radius 1 is 1.38 bits per heavy atom. The summed E-state index contributed by atoms with van der Waals surface area (Å²) in [7, 11) is 1.89. The van der Waals surface area contributed by atoms with Crippen molar-refractivity contribution in [2.45, 2.75) is 26.9 Å². The fourth-order valence-corrected chi connectivity index (χ4v) is 3.30. The molecule has 0 aliphatic rings. The maximum atomic E-state index is 12.1. The van der Waals surface area contributed by atoms with Crippen LogP contribution < -0.4 is 10.9 Å². The number of nitrogens with zero attached hydrogens (tertiary/aromatic N) is 3. The molecule has 0 bridgehead atoms. The summed E-state index contributed by atoms with van der Waals surface area (Å²) >= 11 is 1.57. The molecule has 0 atom stereocenters. The van der Waals surface area contributed by atoms with Crippen molar-refractivity contribution in [1.82, 2.24) is 25.1 Å². The first-order valence-electron chi connectivity index (χ1n) is 6.72. The number of fused-ring (bicyclic) bond motifs is 1. The lowest BCUT2D eigenvalue weighted by molar-refractivity contribution is 0.637. The fraction of sp³-hybridized carbons (Fsp3) is 0.357. The molecule has 0 fully saturated rings. The lowest BCUT2D eigenvalue weighted by Gasteiger charge is -2.02. The van der Waals surface area contributed by atoms with Crippen molar-refractivity contribution in [2.75, 3.05) is 0 Å². The molecule has 0 aliphatic heterocycles. The molecule has 110 valence electrons. The summed E-state index contributed by atoms with van der Waals surface area (Å²) in [5, 5.41) is 8.24. The van der Waals surface area contributed by atoms with E-state index in [2.05, 4.69) is 20.4 Å². The van der Waals surface area contributed by atoms with Gasteiger partial charge in [0.25, 0.3) is 5.56 Å². The summed E-state index contributed by atoms with van der Waals surface area (Å²) < 4.78 is 1.76. The molecule has 6 nitrogen and oxygen atoms in total. The van der Waals surface area contributed by atoms with Gasteiger partial charge in [-0.25, -0.2) is 4.98 Å². The zero-order chi connectivity index (χ0) is 15.0. The number of hydrogen-bond donors (Lipinski definition) is 2. The predicted molar refractivity (Wildman–Crippen MR) is 83.5 cm³/mol. The van der Waals surface area contributed by atoms with Gasteiger partial charge in [-0.3, -0.25) is 9.48 Å². The van der Waals surface area contributed by atoms with Crippen LogP contribution >= 0.6 is 11.3 Å². The van der Waals surface area contributed by atoms with Gasteiger partial charge in [0.2, 0.25) is 0 Å². The first-order chi connectivity index (χ1) is 10.0. The number of nitrogens with one attached hydrogen (secondary N) is 2. The summed E-state index contributed by atoms with van der Waals surface area (Å²) in [5.41, 5.74) is 1.93. The average molecular weight is 303 g/mol. The van der Waals surface area contributed by atoms with E-state index in [0.717, 1.165) is 21.0 Å². The van der Waals surface area contributed by atoms with E-state index in [-0.39, 0.29) is 5.56 Å². The van der Waals surface area contributed by atoms with E-state index in [0.29, 0.717) is 24.3 Å². The number of aromatic amines is 1. The van der Waals surface area contributed by atoms with Crippen LogP contribution in [-0.2, 0) is 20.1 Å². The van der Waals surface area contributed by atoms with Crippen molar-refractivity contribution in [1.29, 1.82) is 0 Å². The van der Waals surface area contributed by atoms with Crippen LogP contribution in [0.25, 0.3) is 10.2 Å². The van der Waals surface area contributed by atoms with Gasteiger partial charge in [-0.05, 0) is 25.5 Å². The number of rotatable bonds is 4. The van der Waals surface area contributed by atoms with Crippen molar-refractivity contribution >= 4 is 21.6 Å². The van der Waals surface area contributed by atoms with Gasteiger partial charge in [0.15, 0.2) is 0 Å². The van der Waals surface area contributed by atoms with Gasteiger partial charge >= 0.3 is 0 Å². The van der Waals surface area contributed by atoms with Gasteiger partial charge in [0.1, 0.15) is 10.7 Å². The van der Waals surface area contributed by atoms with Crippen LogP contribution in [0, 0.1) is 13.8 Å². The zero-order valence-electron chi connectivity index (χ0n) is 12.2. The third kappa shape index (κ3) is 2.74. The molecule has 0 spiro atoms. The average Bonchev–Trinajstić information content (AvgIpc) is 2.95. The van der Waals surface area contributed by atoms with Crippen LogP contribution in [-0.4, -0.2) is 19.7 Å². The van der Waals surface area contributed by atoms with Crippen LogP contribution in [0.1, 0.15) is 22.0 Å². The lowest BCUT2D eigenvalue weighted by Crippen LogP contribution is -2.19. The molecule has 3 heterocycles. The van der Waals surface area contributed by atoms with E-state index in [1.54, 1.807) is 16.0 Å². The van der Waals surface area contributed by atoms with E-state index in [4.69, 9.17) is 0 Å². The SMILES string of the molecule is Cc1sc2nc(CNCc3ccn(C)n3)[nH]c(=O)c2c1C. The number of thiophene rings is 1. The standard InChI is InChI=1S/C14H17N5OS/c1-8-9(2)21-14-12(8)13(20)16-11(17-14)7-15-6-10-4-5-19(3)18-10/h4-5,15H,6-7H2,1-3H3,(H,16,17,20). The highest BCUT2D eigenvalue weighted by atomic mass is 32.1. The summed E-state index contributed by atoms with van der Waals surface area (Å²) in [6.45, 7) is 5.13. The summed E-state index contributed by atoms with van der Waals surface area (Å²) in [6, 6.07) is 1.96. The Kier molecular flexibility index (Phi) is 3.60. The Balaban J connectivity index is 1.77. The quantitative estimate of drug-likeness (QED) is 0.768. The van der Waals surface area contributed by atoms with Crippen molar-refractivity contribution in [3.05, 3.63) is 44.6 Å². The van der Waals surface area contributed by atoms with Crippen LogP contribution in [0.4, 0.5) is 0 Å². The highest BCUT2D eigenvalue weighted by Crippen LogP contribution is 2.25. The van der Waals surface area contributed by atoms with Gasteiger partial charge in [0.05, 0.1) is 17.6 Å². The topological polar surface area (TPSA) is 75.6 Å². The van der Waals surface area contributed by atoms with Crippen molar-refractivity contribution in [3.8, 4) is 0 Å². The van der Waals surface area contributed by atoms with Gasteiger partial charge in [-0.15, -0.1) is 11.3 Å². The predicted octanol–water partition coefficient (Wildman–Crippen LogP) is 1.62. The third-order valence-corrected chi connectivity index (χ3v) is 4.56. The number of hydrogen-bond acceptors (Lipinski definition) is 5. The number of aryl methyl sites for hydroxylation is 3. The molecular weight excluding hydrogens is 286 g/mol. The minimum Gasteiger partial charge on any atom is -0.309 e. The van der Waals surface area contributed by atoms with Crippen molar-refractivity contribution in [2.24, 2.45) is 7.05 Å². The smallest absolute Gasteiger partial charge is 0.259 e. The Labute approximate surface area is 125 Å². The minimum absolute atomic E-state index is 0.0588. The molecule has 0 unspecified atom stereocenters. The van der Waals surface area contributed by atoms with Gasteiger partial charge in [-0.1, -0.05) is 0 Å². The first-order valence-corrected chi connectivity index (χ1v) is 7.54. The Morgan fingerprint density at radius 3 is 2.90 bits per heavy atom. The highest BCUT2D eigenvalue weighted by molar-refractivity contribution is 7.18. The normalized spacial score (nSPS) is 11.4. The molecule has 0 aliphatic carbocycles. The summed E-state index contributed by atoms with van der Waals surface area (Å²) in [6.07, 6.45) is 1.90. The van der Waals surface area contributed by atoms with Crippen LogP contribution in [0.5, 0.6) is 0 Å². The third-order valence-electron chi connectivity index (χ3n) is 3.46. The first kappa shape index (κ1) is 14.0. The van der Waals surface area contributed by atoms with Crippen LogP contribution in [0.15, 0.2) is 17.1 Å².